The summed E-state index contributed by atoms with van der Waals surface area (Å²) in [7, 11) is 0. The molecule has 0 aliphatic heterocycles. The molecule has 0 spiro atoms. The fraction of sp³-hybridized carbons (Fsp3) is 0.385. The van der Waals surface area contributed by atoms with Crippen molar-refractivity contribution in [2.24, 2.45) is 17.2 Å². The van der Waals surface area contributed by atoms with E-state index in [4.69, 9.17) is 17.2 Å². The number of nitrogens with two attached hydrogens (primary N) is 3. The van der Waals surface area contributed by atoms with Crippen molar-refractivity contribution in [3.8, 4) is 0 Å². The smallest absolute Gasteiger partial charge is 0.0381 e. The first-order valence-electron chi connectivity index (χ1n) is 5.90. The number of rotatable bonds is 7. The van der Waals surface area contributed by atoms with Gasteiger partial charge in [0.05, 0.1) is 0 Å². The summed E-state index contributed by atoms with van der Waals surface area (Å²) in [5.41, 5.74) is 19.0. The van der Waals surface area contributed by atoms with Gasteiger partial charge in [0.25, 0.3) is 0 Å². The van der Waals surface area contributed by atoms with Gasteiger partial charge < -0.3 is 17.2 Å². The summed E-state index contributed by atoms with van der Waals surface area (Å²) in [6.07, 6.45) is 1.99. The summed E-state index contributed by atoms with van der Waals surface area (Å²) in [6.45, 7) is 3.60. The van der Waals surface area contributed by atoms with E-state index < -0.39 is 0 Å². The Morgan fingerprint density at radius 3 is 2.18 bits per heavy atom. The third-order valence-electron chi connectivity index (χ3n) is 2.45. The predicted molar refractivity (Wildman–Crippen MR) is 73.2 cm³/mol. The summed E-state index contributed by atoms with van der Waals surface area (Å²) in [5.74, 6) is 0. The van der Waals surface area contributed by atoms with Crippen LogP contribution in [0.1, 0.15) is 5.56 Å². The van der Waals surface area contributed by atoms with Crippen molar-refractivity contribution in [1.29, 1.82) is 0 Å². The first-order valence-corrected chi connectivity index (χ1v) is 5.90. The highest BCUT2D eigenvalue weighted by Gasteiger charge is 2.03. The zero-order valence-electron chi connectivity index (χ0n) is 10.2. The zero-order chi connectivity index (χ0) is 12.5. The largest absolute Gasteiger partial charge is 0.401 e. The third-order valence-corrected chi connectivity index (χ3v) is 2.45. The topological polar surface area (TPSA) is 81.3 Å². The Labute approximate surface area is 103 Å². The van der Waals surface area contributed by atoms with Gasteiger partial charge in [-0.15, -0.1) is 0 Å². The molecule has 1 aromatic rings. The van der Waals surface area contributed by atoms with Gasteiger partial charge in [0, 0.05) is 38.4 Å². The van der Waals surface area contributed by atoms with Gasteiger partial charge in [-0.1, -0.05) is 30.3 Å². The van der Waals surface area contributed by atoms with Crippen LogP contribution in [0.25, 0.3) is 6.08 Å². The van der Waals surface area contributed by atoms with Crippen molar-refractivity contribution in [2.75, 3.05) is 32.7 Å². The highest BCUT2D eigenvalue weighted by atomic mass is 15.1. The van der Waals surface area contributed by atoms with E-state index in [0.717, 1.165) is 24.4 Å². The molecule has 0 amide bonds. The number of hydrogen-bond donors (Lipinski definition) is 3. The van der Waals surface area contributed by atoms with Crippen molar-refractivity contribution < 1.29 is 0 Å². The van der Waals surface area contributed by atoms with E-state index in [2.05, 4.69) is 4.90 Å². The normalized spacial score (nSPS) is 12.1. The molecule has 0 atom stereocenters. The molecule has 4 nitrogen and oxygen atoms in total. The molecule has 0 unspecified atom stereocenters. The molecular weight excluding hydrogens is 212 g/mol. The van der Waals surface area contributed by atoms with Gasteiger partial charge in [0.1, 0.15) is 0 Å². The van der Waals surface area contributed by atoms with E-state index in [-0.39, 0.29) is 0 Å². The maximum Gasteiger partial charge on any atom is 0.0381 e. The molecule has 0 aromatic heterocycles. The molecule has 0 aliphatic carbocycles. The van der Waals surface area contributed by atoms with Crippen LogP contribution in [0.15, 0.2) is 36.0 Å². The molecule has 4 heteroatoms. The third kappa shape index (κ3) is 5.49. The fourth-order valence-corrected chi connectivity index (χ4v) is 1.70. The van der Waals surface area contributed by atoms with Gasteiger partial charge in [-0.3, -0.25) is 4.90 Å². The van der Waals surface area contributed by atoms with E-state index >= 15 is 0 Å². The van der Waals surface area contributed by atoms with Crippen LogP contribution in [-0.4, -0.2) is 37.6 Å². The number of hydrogen-bond acceptors (Lipinski definition) is 4. The van der Waals surface area contributed by atoms with Crippen LogP contribution in [0.5, 0.6) is 0 Å². The second kappa shape index (κ2) is 7.84. The van der Waals surface area contributed by atoms with Crippen molar-refractivity contribution in [2.45, 2.75) is 0 Å². The van der Waals surface area contributed by atoms with Crippen molar-refractivity contribution in [3.63, 3.8) is 0 Å². The number of nitrogens with zero attached hydrogens (tertiary/aromatic N) is 1. The molecule has 6 N–H and O–H groups in total. The van der Waals surface area contributed by atoms with Gasteiger partial charge >= 0.3 is 0 Å². The minimum absolute atomic E-state index is 0.624. The van der Waals surface area contributed by atoms with E-state index in [1.54, 1.807) is 0 Å². The van der Waals surface area contributed by atoms with Crippen LogP contribution in [0, 0.1) is 0 Å². The first-order chi connectivity index (χ1) is 8.26. The van der Waals surface area contributed by atoms with Crippen molar-refractivity contribution in [1.82, 2.24) is 4.90 Å². The molecule has 1 rings (SSSR count). The van der Waals surface area contributed by atoms with E-state index in [0.29, 0.717) is 19.6 Å². The zero-order valence-corrected chi connectivity index (χ0v) is 10.2. The summed E-state index contributed by atoms with van der Waals surface area (Å²) < 4.78 is 0. The average molecular weight is 234 g/mol. The summed E-state index contributed by atoms with van der Waals surface area (Å²) in [6, 6.07) is 10.0. The average Bonchev–Trinajstić information content (AvgIpc) is 2.30. The first kappa shape index (κ1) is 13.7. The van der Waals surface area contributed by atoms with Gasteiger partial charge in [0.2, 0.25) is 0 Å². The predicted octanol–water partition coefficient (Wildman–Crippen LogP) is 0.206. The maximum atomic E-state index is 6.00. The lowest BCUT2D eigenvalue weighted by atomic mass is 10.2. The fourth-order valence-electron chi connectivity index (χ4n) is 1.70. The minimum atomic E-state index is 0.624. The lowest BCUT2D eigenvalue weighted by Gasteiger charge is -2.20. The molecule has 0 fully saturated rings. The standard InChI is InChI=1S/C13H22N4/c14-6-8-17(9-7-15)11-13(16)10-12-4-2-1-3-5-12/h1-5,10H,6-9,11,14-16H2. The lowest BCUT2D eigenvalue weighted by molar-refractivity contribution is 0.312. The Kier molecular flexibility index (Phi) is 6.32. The molecular formula is C13H22N4. The van der Waals surface area contributed by atoms with E-state index in [9.17, 15) is 0 Å². The van der Waals surface area contributed by atoms with Gasteiger partial charge in [-0.25, -0.2) is 0 Å². The lowest BCUT2D eigenvalue weighted by Crippen LogP contribution is -2.36. The van der Waals surface area contributed by atoms with Crippen LogP contribution < -0.4 is 17.2 Å². The SMILES string of the molecule is NCCN(CCN)CC(N)=Cc1ccccc1. The minimum Gasteiger partial charge on any atom is -0.401 e. The Bertz CT molecular complexity index is 329. The summed E-state index contributed by atoms with van der Waals surface area (Å²) in [5, 5.41) is 0. The Hall–Kier alpha value is -1.36. The molecule has 0 aliphatic rings. The molecule has 17 heavy (non-hydrogen) atoms. The Morgan fingerprint density at radius 1 is 1.06 bits per heavy atom. The summed E-state index contributed by atoms with van der Waals surface area (Å²) >= 11 is 0. The highest BCUT2D eigenvalue weighted by molar-refractivity contribution is 5.52. The quantitative estimate of drug-likeness (QED) is 0.630. The monoisotopic (exact) mass is 234 g/mol. The maximum absolute atomic E-state index is 6.00. The van der Waals surface area contributed by atoms with E-state index in [1.807, 2.05) is 36.4 Å². The van der Waals surface area contributed by atoms with E-state index in [1.165, 1.54) is 0 Å². The van der Waals surface area contributed by atoms with Crippen LogP contribution in [-0.2, 0) is 0 Å². The van der Waals surface area contributed by atoms with Crippen LogP contribution >= 0.6 is 0 Å². The van der Waals surface area contributed by atoms with Crippen LogP contribution in [0.2, 0.25) is 0 Å². The van der Waals surface area contributed by atoms with Crippen molar-refractivity contribution in [3.05, 3.63) is 41.6 Å². The molecule has 0 saturated heterocycles. The van der Waals surface area contributed by atoms with Gasteiger partial charge in [-0.2, -0.15) is 0 Å². The van der Waals surface area contributed by atoms with Gasteiger partial charge in [0.15, 0.2) is 0 Å². The van der Waals surface area contributed by atoms with Gasteiger partial charge in [-0.05, 0) is 11.6 Å². The second-order valence-corrected chi connectivity index (χ2v) is 3.98. The summed E-state index contributed by atoms with van der Waals surface area (Å²) in [4.78, 5) is 2.16. The number of benzene rings is 1. The van der Waals surface area contributed by atoms with Crippen LogP contribution in [0.3, 0.4) is 0 Å². The highest BCUT2D eigenvalue weighted by Crippen LogP contribution is 2.04. The van der Waals surface area contributed by atoms with Crippen molar-refractivity contribution >= 4 is 6.08 Å². The molecule has 0 bridgehead atoms. The van der Waals surface area contributed by atoms with Crippen LogP contribution in [0.4, 0.5) is 0 Å². The molecule has 0 radical (unpaired) electrons. The Morgan fingerprint density at radius 2 is 1.65 bits per heavy atom. The molecule has 0 saturated carbocycles. The molecule has 0 heterocycles. The molecule has 1 aromatic carbocycles. The Balaban J connectivity index is 2.57. The second-order valence-electron chi connectivity index (χ2n) is 3.98. The molecule has 94 valence electrons.